The van der Waals surface area contributed by atoms with Gasteiger partial charge in [0.15, 0.2) is 0 Å². The molecule has 1 rings (SSSR count). The van der Waals surface area contributed by atoms with Gasteiger partial charge in [0.2, 0.25) is 0 Å². The summed E-state index contributed by atoms with van der Waals surface area (Å²) in [5.74, 6) is 1.14. The van der Waals surface area contributed by atoms with Gasteiger partial charge in [-0.05, 0) is 43.9 Å². The first-order valence-corrected chi connectivity index (χ1v) is 7.47. The van der Waals surface area contributed by atoms with Gasteiger partial charge < -0.3 is 10.6 Å². The van der Waals surface area contributed by atoms with Crippen molar-refractivity contribution in [1.29, 1.82) is 0 Å². The molecule has 17 heavy (non-hydrogen) atoms. The molecule has 2 N–H and O–H groups in total. The first-order chi connectivity index (χ1) is 8.04. The molecule has 0 aliphatic rings. The average Bonchev–Trinajstić information content (AvgIpc) is 2.26. The Morgan fingerprint density at radius 1 is 1.35 bits per heavy atom. The molecule has 96 valence electrons. The third kappa shape index (κ3) is 4.60. The fourth-order valence-electron chi connectivity index (χ4n) is 2.04. The number of anilines is 1. The molecule has 0 aliphatic heterocycles. The Labute approximate surface area is 110 Å². The molecule has 0 unspecified atom stereocenters. The van der Waals surface area contributed by atoms with Gasteiger partial charge in [0.25, 0.3) is 0 Å². The van der Waals surface area contributed by atoms with Gasteiger partial charge in [-0.25, -0.2) is 0 Å². The minimum Gasteiger partial charge on any atom is -0.373 e. The molecule has 2 nitrogen and oxygen atoms in total. The highest BCUT2D eigenvalue weighted by Crippen LogP contribution is 2.20. The van der Waals surface area contributed by atoms with Gasteiger partial charge in [0.05, 0.1) is 0 Å². The predicted molar refractivity (Wildman–Crippen MR) is 80.2 cm³/mol. The number of thioether (sulfide) groups is 1. The quantitative estimate of drug-likeness (QED) is 0.844. The molecule has 1 atom stereocenters. The van der Waals surface area contributed by atoms with Gasteiger partial charge in [0, 0.05) is 25.3 Å². The molecular weight excluding hydrogens is 228 g/mol. The lowest BCUT2D eigenvalue weighted by atomic mass is 10.1. The Balaban J connectivity index is 2.60. The number of aryl methyl sites for hydroxylation is 2. The van der Waals surface area contributed by atoms with Gasteiger partial charge in [-0.2, -0.15) is 11.8 Å². The zero-order valence-corrected chi connectivity index (χ0v) is 12.2. The van der Waals surface area contributed by atoms with Crippen molar-refractivity contribution in [2.24, 2.45) is 5.73 Å². The Hall–Kier alpha value is -0.670. The number of nitrogens with two attached hydrogens (primary N) is 1. The van der Waals surface area contributed by atoms with Gasteiger partial charge in [-0.3, -0.25) is 0 Å². The van der Waals surface area contributed by atoms with Crippen LogP contribution in [0.4, 0.5) is 5.69 Å². The van der Waals surface area contributed by atoms with Crippen molar-refractivity contribution in [3.63, 3.8) is 0 Å². The first kappa shape index (κ1) is 14.4. The summed E-state index contributed by atoms with van der Waals surface area (Å²) in [6.07, 6.45) is 3.21. The second-order valence-electron chi connectivity index (χ2n) is 4.71. The summed E-state index contributed by atoms with van der Waals surface area (Å²) in [6.45, 7) is 5.21. The summed E-state index contributed by atoms with van der Waals surface area (Å²) in [5.41, 5.74) is 10.0. The van der Waals surface area contributed by atoms with Gasteiger partial charge in [0.1, 0.15) is 0 Å². The minimum atomic E-state index is 0.258. The van der Waals surface area contributed by atoms with E-state index in [2.05, 4.69) is 50.2 Å². The van der Waals surface area contributed by atoms with E-state index in [4.69, 9.17) is 5.73 Å². The molecule has 0 heterocycles. The topological polar surface area (TPSA) is 29.3 Å². The van der Waals surface area contributed by atoms with Crippen molar-refractivity contribution in [1.82, 2.24) is 0 Å². The summed E-state index contributed by atoms with van der Waals surface area (Å²) in [5, 5.41) is 0. The van der Waals surface area contributed by atoms with Crippen LogP contribution in [0.3, 0.4) is 0 Å². The molecule has 0 bridgehead atoms. The van der Waals surface area contributed by atoms with Crippen LogP contribution in [0.2, 0.25) is 0 Å². The maximum atomic E-state index is 6.12. The highest BCUT2D eigenvalue weighted by Gasteiger charge is 2.09. The zero-order chi connectivity index (χ0) is 12.8. The van der Waals surface area contributed by atoms with Crippen molar-refractivity contribution in [2.45, 2.75) is 26.3 Å². The Morgan fingerprint density at radius 3 is 2.65 bits per heavy atom. The van der Waals surface area contributed by atoms with Crippen LogP contribution in [0.25, 0.3) is 0 Å². The van der Waals surface area contributed by atoms with Gasteiger partial charge in [-0.15, -0.1) is 0 Å². The van der Waals surface area contributed by atoms with Crippen LogP contribution >= 0.6 is 11.8 Å². The van der Waals surface area contributed by atoms with Crippen molar-refractivity contribution < 1.29 is 0 Å². The third-order valence-corrected chi connectivity index (χ3v) is 3.61. The molecule has 0 saturated heterocycles. The Bertz CT molecular complexity index is 352. The van der Waals surface area contributed by atoms with E-state index in [-0.39, 0.29) is 6.04 Å². The summed E-state index contributed by atoms with van der Waals surface area (Å²) in [4.78, 5) is 2.26. The fourth-order valence-corrected chi connectivity index (χ4v) is 2.58. The Morgan fingerprint density at radius 2 is 2.06 bits per heavy atom. The molecule has 3 heteroatoms. The molecule has 1 aromatic rings. The smallest absolute Gasteiger partial charge is 0.0394 e. The van der Waals surface area contributed by atoms with Crippen molar-refractivity contribution in [2.75, 3.05) is 30.5 Å². The zero-order valence-electron chi connectivity index (χ0n) is 11.4. The largest absolute Gasteiger partial charge is 0.373 e. The van der Waals surface area contributed by atoms with E-state index in [1.165, 1.54) is 16.8 Å². The van der Waals surface area contributed by atoms with E-state index in [1.54, 1.807) is 0 Å². The number of likely N-dealkylation sites (N-methyl/N-ethyl adjacent to an activating group) is 1. The predicted octanol–water partition coefficient (Wildman–Crippen LogP) is 2.82. The molecule has 0 fully saturated rings. The monoisotopic (exact) mass is 252 g/mol. The number of hydrogen-bond donors (Lipinski definition) is 1. The van der Waals surface area contributed by atoms with E-state index in [1.807, 2.05) is 11.8 Å². The van der Waals surface area contributed by atoms with E-state index in [0.29, 0.717) is 0 Å². The molecule has 0 aliphatic carbocycles. The van der Waals surface area contributed by atoms with E-state index >= 15 is 0 Å². The van der Waals surface area contributed by atoms with Gasteiger partial charge in [-0.1, -0.05) is 17.7 Å². The lowest BCUT2D eigenvalue weighted by Gasteiger charge is -2.25. The molecule has 0 aromatic heterocycles. The lowest BCUT2D eigenvalue weighted by Crippen LogP contribution is -2.36. The number of rotatable bonds is 6. The maximum Gasteiger partial charge on any atom is 0.0394 e. The molecule has 0 radical (unpaired) electrons. The highest BCUT2D eigenvalue weighted by molar-refractivity contribution is 7.98. The van der Waals surface area contributed by atoms with Crippen molar-refractivity contribution in [3.8, 4) is 0 Å². The van der Waals surface area contributed by atoms with E-state index in [9.17, 15) is 0 Å². The normalized spacial score (nSPS) is 12.5. The summed E-state index contributed by atoms with van der Waals surface area (Å²) >= 11 is 1.86. The molecule has 1 aromatic carbocycles. The van der Waals surface area contributed by atoms with Crippen LogP contribution < -0.4 is 10.6 Å². The summed E-state index contributed by atoms with van der Waals surface area (Å²) < 4.78 is 0. The average molecular weight is 252 g/mol. The SMILES string of the molecule is CSCC[C@@H](N)CN(C)c1ccc(C)cc1C. The standard InChI is InChI=1S/C14H24N2S/c1-11-5-6-14(12(2)9-11)16(3)10-13(15)7-8-17-4/h5-6,9,13H,7-8,10,15H2,1-4H3/t13-/m1/s1. The van der Waals surface area contributed by atoms with Crippen LogP contribution in [0.1, 0.15) is 17.5 Å². The first-order valence-electron chi connectivity index (χ1n) is 6.07. The van der Waals surface area contributed by atoms with Crippen LogP contribution in [-0.4, -0.2) is 31.6 Å². The third-order valence-electron chi connectivity index (χ3n) is 2.96. The van der Waals surface area contributed by atoms with Crippen LogP contribution in [0.5, 0.6) is 0 Å². The van der Waals surface area contributed by atoms with Crippen LogP contribution in [0.15, 0.2) is 18.2 Å². The van der Waals surface area contributed by atoms with Crippen LogP contribution in [0, 0.1) is 13.8 Å². The second kappa shape index (κ2) is 6.92. The second-order valence-corrected chi connectivity index (χ2v) is 5.70. The van der Waals surface area contributed by atoms with Gasteiger partial charge >= 0.3 is 0 Å². The number of benzene rings is 1. The molecule has 0 amide bonds. The fraction of sp³-hybridized carbons (Fsp3) is 0.571. The number of hydrogen-bond acceptors (Lipinski definition) is 3. The van der Waals surface area contributed by atoms with Crippen molar-refractivity contribution in [3.05, 3.63) is 29.3 Å². The Kier molecular flexibility index (Phi) is 5.86. The molecule has 0 saturated carbocycles. The summed E-state index contributed by atoms with van der Waals surface area (Å²) in [6, 6.07) is 6.82. The molecular formula is C14H24N2S. The lowest BCUT2D eigenvalue weighted by molar-refractivity contribution is 0.643. The summed E-state index contributed by atoms with van der Waals surface area (Å²) in [7, 11) is 2.12. The van der Waals surface area contributed by atoms with E-state index < -0.39 is 0 Å². The molecule has 0 spiro atoms. The minimum absolute atomic E-state index is 0.258. The highest BCUT2D eigenvalue weighted by atomic mass is 32.2. The maximum absolute atomic E-state index is 6.12. The van der Waals surface area contributed by atoms with Crippen molar-refractivity contribution >= 4 is 17.4 Å². The number of nitrogens with zero attached hydrogens (tertiary/aromatic N) is 1. The van der Waals surface area contributed by atoms with Crippen LogP contribution in [-0.2, 0) is 0 Å². The van der Waals surface area contributed by atoms with E-state index in [0.717, 1.165) is 18.7 Å².